The quantitative estimate of drug-likeness (QED) is 0.262. The third-order valence-corrected chi connectivity index (χ3v) is 7.46. The Morgan fingerprint density at radius 3 is 2.65 bits per heavy atom. The summed E-state index contributed by atoms with van der Waals surface area (Å²) in [7, 11) is 4.07. The molecule has 1 amide bonds. The van der Waals surface area contributed by atoms with Crippen LogP contribution in [0.25, 0.3) is 10.9 Å². The number of pyridine rings is 1. The number of amides is 1. The molecule has 0 aliphatic heterocycles. The van der Waals surface area contributed by atoms with E-state index in [0.717, 1.165) is 66.6 Å². The van der Waals surface area contributed by atoms with Crippen LogP contribution >= 0.6 is 11.6 Å². The molecule has 1 aliphatic carbocycles. The Labute approximate surface area is 225 Å². The van der Waals surface area contributed by atoms with Gasteiger partial charge in [-0.2, -0.15) is 0 Å². The maximum atomic E-state index is 12.2. The molecule has 0 saturated carbocycles. The molecule has 0 spiro atoms. The van der Waals surface area contributed by atoms with Crippen LogP contribution in [0, 0.1) is 0 Å². The fourth-order valence-electron chi connectivity index (χ4n) is 4.89. The fraction of sp³-hybridized carbons (Fsp3) is 0.467. The van der Waals surface area contributed by atoms with Crippen molar-refractivity contribution in [2.24, 2.45) is 0 Å². The van der Waals surface area contributed by atoms with Crippen molar-refractivity contribution >= 4 is 34.3 Å². The number of nitrogens with one attached hydrogen (secondary N) is 2. The molecule has 198 valence electrons. The van der Waals surface area contributed by atoms with Crippen LogP contribution in [0.4, 0.5) is 10.5 Å². The first-order valence-corrected chi connectivity index (χ1v) is 13.9. The van der Waals surface area contributed by atoms with Gasteiger partial charge in [-0.3, -0.25) is 4.98 Å². The standard InChI is InChI=1S/C30H39ClN4O2/c1-21(35(2)3)22-11-10-12-24(19-22)37-30(36)33-18-9-5-4-8-17-32-29-25-13-6-7-14-27(25)34-28-20-23(31)15-16-26(28)29/h10-12,15-16,19-21H,4-9,13-14,17-18H2,1-3H3,(H,32,34)(H,33,36)/t21-/m0/s1. The first-order valence-electron chi connectivity index (χ1n) is 13.5. The first-order chi connectivity index (χ1) is 17.9. The number of halogens is 1. The molecule has 3 aromatic rings. The highest BCUT2D eigenvalue weighted by molar-refractivity contribution is 6.31. The molecule has 0 bridgehead atoms. The molecule has 7 heteroatoms. The molecule has 0 fully saturated rings. The van der Waals surface area contributed by atoms with Crippen molar-refractivity contribution in [1.82, 2.24) is 15.2 Å². The van der Waals surface area contributed by atoms with E-state index in [1.807, 2.05) is 50.5 Å². The number of carbonyl (C=O) groups is 1. The third-order valence-electron chi connectivity index (χ3n) is 7.23. The average molecular weight is 523 g/mol. The minimum atomic E-state index is -0.397. The van der Waals surface area contributed by atoms with Crippen molar-refractivity contribution in [3.63, 3.8) is 0 Å². The number of rotatable bonds is 11. The van der Waals surface area contributed by atoms with Crippen LogP contribution in [-0.2, 0) is 12.8 Å². The van der Waals surface area contributed by atoms with E-state index in [1.54, 1.807) is 0 Å². The Balaban J connectivity index is 1.17. The lowest BCUT2D eigenvalue weighted by molar-refractivity contribution is 0.200. The highest BCUT2D eigenvalue weighted by Gasteiger charge is 2.18. The Hall–Kier alpha value is -2.83. The van der Waals surface area contributed by atoms with Crippen molar-refractivity contribution in [3.8, 4) is 5.75 Å². The molecule has 0 unspecified atom stereocenters. The van der Waals surface area contributed by atoms with Gasteiger partial charge in [0.15, 0.2) is 0 Å². The van der Waals surface area contributed by atoms with Gasteiger partial charge in [0, 0.05) is 40.9 Å². The maximum Gasteiger partial charge on any atom is 0.412 e. The van der Waals surface area contributed by atoms with Crippen LogP contribution in [0.15, 0.2) is 42.5 Å². The number of anilines is 1. The highest BCUT2D eigenvalue weighted by atomic mass is 35.5. The second-order valence-corrected chi connectivity index (χ2v) is 10.6. The topological polar surface area (TPSA) is 66.5 Å². The number of hydrogen-bond donors (Lipinski definition) is 2. The summed E-state index contributed by atoms with van der Waals surface area (Å²) in [5, 5.41) is 8.48. The number of benzene rings is 2. The third kappa shape index (κ3) is 7.36. The van der Waals surface area contributed by atoms with Crippen molar-refractivity contribution in [3.05, 3.63) is 64.3 Å². The summed E-state index contributed by atoms with van der Waals surface area (Å²) in [4.78, 5) is 19.2. The van der Waals surface area contributed by atoms with E-state index in [1.165, 1.54) is 29.8 Å². The summed E-state index contributed by atoms with van der Waals surface area (Å²) in [5.74, 6) is 0.572. The van der Waals surface area contributed by atoms with E-state index in [2.05, 4.69) is 28.5 Å². The summed E-state index contributed by atoms with van der Waals surface area (Å²) >= 11 is 6.23. The molecule has 1 heterocycles. The van der Waals surface area contributed by atoms with Gasteiger partial charge >= 0.3 is 6.09 Å². The summed E-state index contributed by atoms with van der Waals surface area (Å²) in [6.07, 6.45) is 8.33. The molecular formula is C30H39ClN4O2. The van der Waals surface area contributed by atoms with Crippen LogP contribution in [-0.4, -0.2) is 43.2 Å². The molecule has 1 aromatic heterocycles. The van der Waals surface area contributed by atoms with Crippen molar-refractivity contribution in [2.75, 3.05) is 32.5 Å². The fourth-order valence-corrected chi connectivity index (χ4v) is 5.05. The number of ether oxygens (including phenoxy) is 1. The van der Waals surface area contributed by atoms with Crippen molar-refractivity contribution in [2.45, 2.75) is 64.3 Å². The van der Waals surface area contributed by atoms with E-state index < -0.39 is 6.09 Å². The van der Waals surface area contributed by atoms with E-state index in [9.17, 15) is 4.79 Å². The van der Waals surface area contributed by atoms with Crippen LogP contribution in [0.3, 0.4) is 0 Å². The number of aromatic nitrogens is 1. The van der Waals surface area contributed by atoms with E-state index in [0.29, 0.717) is 12.3 Å². The van der Waals surface area contributed by atoms with Gasteiger partial charge in [0.1, 0.15) is 5.75 Å². The van der Waals surface area contributed by atoms with Gasteiger partial charge in [-0.05, 0) is 101 Å². The summed E-state index contributed by atoms with van der Waals surface area (Å²) < 4.78 is 5.48. The Morgan fingerprint density at radius 1 is 1.05 bits per heavy atom. The number of nitrogens with zero attached hydrogens (tertiary/aromatic N) is 2. The van der Waals surface area contributed by atoms with Gasteiger partial charge in [-0.25, -0.2) is 4.79 Å². The Bertz CT molecular complexity index is 1210. The highest BCUT2D eigenvalue weighted by Crippen LogP contribution is 2.34. The van der Waals surface area contributed by atoms with E-state index in [-0.39, 0.29) is 6.04 Å². The molecule has 37 heavy (non-hydrogen) atoms. The van der Waals surface area contributed by atoms with Crippen molar-refractivity contribution < 1.29 is 9.53 Å². The molecule has 6 nitrogen and oxygen atoms in total. The van der Waals surface area contributed by atoms with Gasteiger partial charge in [0.25, 0.3) is 0 Å². The van der Waals surface area contributed by atoms with E-state index >= 15 is 0 Å². The molecule has 0 saturated heterocycles. The smallest absolute Gasteiger partial charge is 0.410 e. The normalized spacial score (nSPS) is 13.9. The largest absolute Gasteiger partial charge is 0.412 e. The predicted octanol–water partition coefficient (Wildman–Crippen LogP) is 7.15. The number of hydrogen-bond acceptors (Lipinski definition) is 5. The summed E-state index contributed by atoms with van der Waals surface area (Å²) in [6, 6.07) is 14.0. The minimum absolute atomic E-state index is 0.252. The minimum Gasteiger partial charge on any atom is -0.410 e. The predicted molar refractivity (Wildman–Crippen MR) is 153 cm³/mol. The Morgan fingerprint density at radius 2 is 1.84 bits per heavy atom. The van der Waals surface area contributed by atoms with Gasteiger partial charge in [-0.15, -0.1) is 0 Å². The lowest BCUT2D eigenvalue weighted by Gasteiger charge is -2.22. The Kier molecular flexibility index (Phi) is 9.64. The van der Waals surface area contributed by atoms with Gasteiger partial charge in [-0.1, -0.05) is 36.6 Å². The molecule has 2 N–H and O–H groups in total. The first kappa shape index (κ1) is 27.2. The molecule has 0 radical (unpaired) electrons. The molecule has 1 aliphatic rings. The van der Waals surface area contributed by atoms with Crippen LogP contribution in [0.5, 0.6) is 5.75 Å². The van der Waals surface area contributed by atoms with Crippen molar-refractivity contribution in [1.29, 1.82) is 0 Å². The SMILES string of the molecule is C[C@@H](c1cccc(OC(=O)NCCCCCCNc2c3c(nc4cc(Cl)ccc24)CCCC3)c1)N(C)C. The number of unbranched alkanes of at least 4 members (excludes halogenated alkanes) is 3. The summed E-state index contributed by atoms with van der Waals surface area (Å²) in [5.41, 5.74) is 5.94. The second kappa shape index (κ2) is 13.1. The molecular weight excluding hydrogens is 484 g/mol. The van der Waals surface area contributed by atoms with Crippen LogP contribution in [0.2, 0.25) is 5.02 Å². The van der Waals surface area contributed by atoms with Gasteiger partial charge < -0.3 is 20.3 Å². The zero-order valence-electron chi connectivity index (χ0n) is 22.3. The monoisotopic (exact) mass is 522 g/mol. The van der Waals surface area contributed by atoms with E-state index in [4.69, 9.17) is 21.3 Å². The van der Waals surface area contributed by atoms with Gasteiger partial charge in [0.05, 0.1) is 5.52 Å². The zero-order chi connectivity index (χ0) is 26.2. The number of aryl methyl sites for hydroxylation is 1. The average Bonchev–Trinajstić information content (AvgIpc) is 2.89. The lowest BCUT2D eigenvalue weighted by Crippen LogP contribution is -2.27. The molecule has 4 rings (SSSR count). The van der Waals surface area contributed by atoms with Gasteiger partial charge in [0.2, 0.25) is 0 Å². The summed E-state index contributed by atoms with van der Waals surface area (Å²) in [6.45, 7) is 3.66. The van der Waals surface area contributed by atoms with Crippen LogP contribution < -0.4 is 15.4 Å². The molecule has 2 aromatic carbocycles. The van der Waals surface area contributed by atoms with Crippen LogP contribution in [0.1, 0.15) is 68.3 Å². The zero-order valence-corrected chi connectivity index (χ0v) is 23.0. The second-order valence-electron chi connectivity index (χ2n) is 10.1. The number of carbonyl (C=O) groups excluding carboxylic acids is 1. The number of fused-ring (bicyclic) bond motifs is 2. The lowest BCUT2D eigenvalue weighted by atomic mass is 9.92. The maximum absolute atomic E-state index is 12.2. The molecule has 1 atom stereocenters.